The van der Waals surface area contributed by atoms with Crippen LogP contribution in [0.4, 0.5) is 10.6 Å². The van der Waals surface area contributed by atoms with Gasteiger partial charge in [0, 0.05) is 58.1 Å². The van der Waals surface area contributed by atoms with Crippen molar-refractivity contribution in [2.24, 2.45) is 11.8 Å². The molecule has 1 aliphatic heterocycles. The molecule has 1 saturated carbocycles. The molecule has 7 amide bonds. The molecule has 1 aliphatic carbocycles. The van der Waals surface area contributed by atoms with Crippen LogP contribution in [0.3, 0.4) is 0 Å². The van der Waals surface area contributed by atoms with E-state index in [2.05, 4.69) is 31.9 Å². The number of carbonyl (C=O) groups excluding carboxylic acids is 6. The van der Waals surface area contributed by atoms with Crippen LogP contribution in [-0.2, 0) is 30.5 Å². The summed E-state index contributed by atoms with van der Waals surface area (Å²) in [7, 11) is 2.94. The highest BCUT2D eigenvalue weighted by molar-refractivity contribution is 7.15. The van der Waals surface area contributed by atoms with Gasteiger partial charge >= 0.3 is 18.0 Å². The average molecular weight is 1320 g/mol. The maximum absolute atomic E-state index is 14.4. The van der Waals surface area contributed by atoms with E-state index in [4.69, 9.17) is 39.6 Å². The van der Waals surface area contributed by atoms with Gasteiger partial charge in [0.1, 0.15) is 76.6 Å². The Balaban J connectivity index is 1.04. The summed E-state index contributed by atoms with van der Waals surface area (Å²) in [6.07, 6.45) is 1.31. The fourth-order valence-corrected chi connectivity index (χ4v) is 15.7. The topological polar surface area (TPSA) is 352 Å². The van der Waals surface area contributed by atoms with E-state index in [9.17, 15) is 48.6 Å². The quantitative estimate of drug-likeness (QED) is 0.0535. The summed E-state index contributed by atoms with van der Waals surface area (Å²) in [5.41, 5.74) is 2.97. The number of thiazole rings is 6. The summed E-state index contributed by atoms with van der Waals surface area (Å²) < 4.78 is 5.48. The van der Waals surface area contributed by atoms with Gasteiger partial charge in [-0.3, -0.25) is 38.5 Å². The number of anilines is 1. The molecule has 31 heteroatoms. The lowest BCUT2D eigenvalue weighted by Gasteiger charge is -2.29. The van der Waals surface area contributed by atoms with E-state index in [1.807, 2.05) is 56.5 Å². The van der Waals surface area contributed by atoms with Gasteiger partial charge in [0.2, 0.25) is 11.8 Å². The lowest BCUT2D eigenvalue weighted by molar-refractivity contribution is -0.143. The van der Waals surface area contributed by atoms with Gasteiger partial charge in [-0.2, -0.15) is 0 Å². The van der Waals surface area contributed by atoms with E-state index in [1.54, 1.807) is 35.2 Å². The first-order valence-electron chi connectivity index (χ1n) is 28.0. The van der Waals surface area contributed by atoms with Crippen molar-refractivity contribution >= 4 is 121 Å². The second kappa shape index (κ2) is 28.0. The molecule has 4 atom stereocenters. The number of hydrogen-bond acceptors (Lipinski definition) is 22. The van der Waals surface area contributed by atoms with Crippen LogP contribution in [0.2, 0.25) is 0 Å². The summed E-state index contributed by atoms with van der Waals surface area (Å²) in [5.74, 6) is -5.96. The Bertz CT molecular complexity index is 3960. The van der Waals surface area contributed by atoms with E-state index < -0.39 is 84.6 Å². The Morgan fingerprint density at radius 3 is 2.10 bits per heavy atom. The van der Waals surface area contributed by atoms with E-state index >= 15 is 0 Å². The van der Waals surface area contributed by atoms with Gasteiger partial charge in [0.05, 0.1) is 54.2 Å². The monoisotopic (exact) mass is 1320 g/mol. The van der Waals surface area contributed by atoms with Crippen molar-refractivity contribution in [3.8, 4) is 43.4 Å². The number of carbonyl (C=O) groups is 8. The van der Waals surface area contributed by atoms with Gasteiger partial charge in [-0.15, -0.1) is 68.0 Å². The third-order valence-electron chi connectivity index (χ3n) is 14.8. The molecule has 7 aromatic heterocycles. The summed E-state index contributed by atoms with van der Waals surface area (Å²) in [5, 5.41) is 45.9. The number of pyridine rings is 1. The van der Waals surface area contributed by atoms with Crippen molar-refractivity contribution in [2.75, 3.05) is 32.1 Å². The fraction of sp³-hybridized carbons (Fsp3) is 0.362. The molecule has 10 rings (SSSR count). The SMILES string of the molecule is CNC(=O)C[C@@H]1NC(=O)c2csc(n2)-c2ccc(-c3nc(N(CC(=O)O)C(=O)NC4CCC(C(=O)O)CC4)cs3)nc2-c2csc(n2)-c2csc(n2)[C@H]([C@@H](C)c2ccccc2)NC(=O)CNC(=O)c2nc(sc2COC)C(C(C)C)NC(=O)c2nc1sc2C. The number of methoxy groups -OCH3 is 1. The highest BCUT2D eigenvalue weighted by Crippen LogP contribution is 2.41. The number of fused-ring (bicyclic) bond motifs is 14. The molecule has 10 bridgehead atoms. The third kappa shape index (κ3) is 14.7. The molecular weight excluding hydrogens is 1260 g/mol. The zero-order chi connectivity index (χ0) is 63.2. The highest BCUT2D eigenvalue weighted by atomic mass is 32.1. The Labute approximate surface area is 533 Å². The van der Waals surface area contributed by atoms with Crippen molar-refractivity contribution < 1.29 is 53.3 Å². The maximum Gasteiger partial charge on any atom is 0.323 e. The lowest BCUT2D eigenvalue weighted by atomic mass is 9.86. The normalized spacial score (nSPS) is 18.6. The molecule has 464 valence electrons. The van der Waals surface area contributed by atoms with Crippen LogP contribution in [0.5, 0.6) is 0 Å². The summed E-state index contributed by atoms with van der Waals surface area (Å²) in [6, 6.07) is 9.54. The minimum Gasteiger partial charge on any atom is -0.481 e. The lowest BCUT2D eigenvalue weighted by Crippen LogP contribution is -2.48. The highest BCUT2D eigenvalue weighted by Gasteiger charge is 2.34. The van der Waals surface area contributed by atoms with Gasteiger partial charge in [0.15, 0.2) is 0 Å². The zero-order valence-corrected chi connectivity index (χ0v) is 53.5. The standard InChI is InChI=1S/C58H60N14O11S6/c1-26(2)43-56-71-47(38(89-56)21-83-6)49(78)60-19-41(74)68-44(27(3)29-10-8-7-9-11-29)55-66-37(24-86-55)53-64-35(22-85-53)46-32(51-65-36(23-84-51)48(77)63-34(18-40(73)59-5)54-70-45(28(4)88-54)50(79)69-43)16-17-33(62-46)52-67-39(25-87-52)72(20-42(75)76)58(82)61-31-14-12-30(13-15-31)57(80)81/h7-11,16-17,22-27,30-31,34,43-44H,12-15,18-21H2,1-6H3,(H,59,73)(H,60,78)(H,61,82)(H,63,77)(H,68,74)(H,69,79)(H,75,76)(H,80,81)/t27-,30?,31?,34-,43?,44-/m0/s1. The van der Waals surface area contributed by atoms with Gasteiger partial charge in [0.25, 0.3) is 17.7 Å². The van der Waals surface area contributed by atoms with E-state index in [0.29, 0.717) is 88.8 Å². The first kappa shape index (κ1) is 63.7. The minimum atomic E-state index is -1.29. The van der Waals surface area contributed by atoms with Crippen LogP contribution in [0.25, 0.3) is 43.4 Å². The molecule has 1 aromatic carbocycles. The molecule has 1 unspecified atom stereocenters. The number of carboxylic acid groups (broad SMARTS) is 2. The summed E-state index contributed by atoms with van der Waals surface area (Å²) in [4.78, 5) is 144. The second-order valence-corrected chi connectivity index (χ2v) is 27.1. The van der Waals surface area contributed by atoms with Gasteiger partial charge < -0.3 is 46.9 Å². The number of urea groups is 1. The van der Waals surface area contributed by atoms with Crippen molar-refractivity contribution in [3.05, 3.63) is 111 Å². The van der Waals surface area contributed by atoms with Crippen LogP contribution in [0, 0.1) is 18.8 Å². The molecule has 89 heavy (non-hydrogen) atoms. The van der Waals surface area contributed by atoms with Crippen LogP contribution in [-0.4, -0.2) is 126 Å². The van der Waals surface area contributed by atoms with E-state index in [0.717, 1.165) is 44.5 Å². The number of aryl methyl sites for hydroxylation is 1. The number of aliphatic carboxylic acids is 2. The predicted molar refractivity (Wildman–Crippen MR) is 337 cm³/mol. The van der Waals surface area contributed by atoms with Gasteiger partial charge in [-0.25, -0.2) is 39.7 Å². The summed E-state index contributed by atoms with van der Waals surface area (Å²) >= 11 is 7.18. The molecule has 1 fully saturated rings. The maximum atomic E-state index is 14.4. The molecular formula is C58H60N14O11S6. The van der Waals surface area contributed by atoms with Crippen molar-refractivity contribution in [1.82, 2.24) is 66.8 Å². The van der Waals surface area contributed by atoms with Crippen molar-refractivity contribution in [3.63, 3.8) is 0 Å². The number of rotatable bonds is 13. The summed E-state index contributed by atoms with van der Waals surface area (Å²) in [6.45, 7) is 6.32. The number of carboxylic acids is 2. The first-order chi connectivity index (χ1) is 42.7. The van der Waals surface area contributed by atoms with Gasteiger partial charge in [-0.1, -0.05) is 51.1 Å². The molecule has 8 heterocycles. The number of benzene rings is 1. The molecule has 8 N–H and O–H groups in total. The fourth-order valence-electron chi connectivity index (χ4n) is 10.1. The molecule has 8 aromatic rings. The Kier molecular flexibility index (Phi) is 20.0. The number of amides is 7. The Morgan fingerprint density at radius 1 is 0.685 bits per heavy atom. The number of nitrogens with one attached hydrogen (secondary N) is 6. The average Bonchev–Trinajstić information content (AvgIpc) is 2.72. The van der Waals surface area contributed by atoms with Crippen LogP contribution in [0.15, 0.2) is 64.0 Å². The number of aromatic nitrogens is 7. The second-order valence-electron chi connectivity index (χ2n) is 21.3. The zero-order valence-electron chi connectivity index (χ0n) is 48.6. The van der Waals surface area contributed by atoms with Crippen LogP contribution in [0.1, 0.15) is 139 Å². The number of ether oxygens (including phenoxy) is 1. The largest absolute Gasteiger partial charge is 0.481 e. The van der Waals surface area contributed by atoms with Crippen molar-refractivity contribution in [2.45, 2.75) is 96.5 Å². The molecule has 0 radical (unpaired) electrons. The van der Waals surface area contributed by atoms with E-state index in [-0.39, 0.29) is 58.8 Å². The van der Waals surface area contributed by atoms with E-state index in [1.165, 1.54) is 48.2 Å². The van der Waals surface area contributed by atoms with Gasteiger partial charge in [-0.05, 0) is 56.2 Å². The van der Waals surface area contributed by atoms with Crippen LogP contribution < -0.4 is 36.8 Å². The molecule has 2 aliphatic rings. The Morgan fingerprint density at radius 2 is 1.38 bits per heavy atom. The number of nitrogens with zero attached hydrogens (tertiary/aromatic N) is 8. The van der Waals surface area contributed by atoms with Crippen molar-refractivity contribution in [1.29, 1.82) is 0 Å². The molecule has 0 spiro atoms. The predicted octanol–water partition coefficient (Wildman–Crippen LogP) is 8.63. The Hall–Kier alpha value is -8.33. The number of hydrogen-bond donors (Lipinski definition) is 8. The third-order valence-corrected chi connectivity index (χ3v) is 20.5. The minimum absolute atomic E-state index is 0.00195. The van der Waals surface area contributed by atoms with Crippen LogP contribution >= 0.6 is 68.0 Å². The molecule has 0 saturated heterocycles. The first-order valence-corrected chi connectivity index (χ1v) is 33.2. The molecule has 25 nitrogen and oxygen atoms in total. The smallest absolute Gasteiger partial charge is 0.323 e.